The predicted octanol–water partition coefficient (Wildman–Crippen LogP) is 5.00. The van der Waals surface area contributed by atoms with E-state index in [4.69, 9.17) is 9.47 Å². The lowest BCUT2D eigenvalue weighted by atomic mass is 10.0. The Morgan fingerprint density at radius 3 is 2.56 bits per heavy atom. The number of nitro benzene ring substituents is 1. The van der Waals surface area contributed by atoms with Gasteiger partial charge in [-0.2, -0.15) is 0 Å². The highest BCUT2D eigenvalue weighted by atomic mass is 32.2. The van der Waals surface area contributed by atoms with E-state index in [9.17, 15) is 19.7 Å². The van der Waals surface area contributed by atoms with E-state index in [1.54, 1.807) is 25.3 Å². The van der Waals surface area contributed by atoms with E-state index in [0.717, 1.165) is 27.4 Å². The van der Waals surface area contributed by atoms with Crippen molar-refractivity contribution in [2.45, 2.75) is 6.54 Å². The molecule has 0 N–H and O–H groups in total. The van der Waals surface area contributed by atoms with Gasteiger partial charge < -0.3 is 9.47 Å². The van der Waals surface area contributed by atoms with Gasteiger partial charge in [-0.15, -0.1) is 0 Å². The first-order valence-electron chi connectivity index (χ1n) is 9.54. The summed E-state index contributed by atoms with van der Waals surface area (Å²) in [6, 6.07) is 15.2. The van der Waals surface area contributed by atoms with Gasteiger partial charge in [0.25, 0.3) is 16.8 Å². The zero-order valence-electron chi connectivity index (χ0n) is 17.2. The number of ether oxygens (including phenoxy) is 2. The monoisotopic (exact) mass is 450 g/mol. The SMILES string of the molecule is COc1ccc2ccc(OC)c(/C=C3/SC(=O)N(Cc4cccc([N+](=O)[O-])c4)C3=O)c2c1. The van der Waals surface area contributed by atoms with Crippen LogP contribution in [-0.4, -0.2) is 35.2 Å². The number of carbonyl (C=O) groups is 2. The van der Waals surface area contributed by atoms with Gasteiger partial charge in [0.05, 0.1) is 30.6 Å². The summed E-state index contributed by atoms with van der Waals surface area (Å²) in [4.78, 5) is 37.4. The van der Waals surface area contributed by atoms with Crippen LogP contribution in [0.5, 0.6) is 11.5 Å². The van der Waals surface area contributed by atoms with E-state index in [2.05, 4.69) is 0 Å². The molecular formula is C23H18N2O6S. The number of hydrogen-bond donors (Lipinski definition) is 0. The molecule has 0 aromatic heterocycles. The number of non-ortho nitro benzene ring substituents is 1. The average Bonchev–Trinajstić information content (AvgIpc) is 3.06. The third kappa shape index (κ3) is 4.02. The number of amides is 2. The van der Waals surface area contributed by atoms with E-state index >= 15 is 0 Å². The number of fused-ring (bicyclic) bond motifs is 1. The number of rotatable bonds is 6. The minimum atomic E-state index is -0.516. The van der Waals surface area contributed by atoms with Gasteiger partial charge in [-0.3, -0.25) is 24.6 Å². The largest absolute Gasteiger partial charge is 0.497 e. The van der Waals surface area contributed by atoms with Gasteiger partial charge in [-0.1, -0.05) is 24.3 Å². The Bertz CT molecular complexity index is 1280. The van der Waals surface area contributed by atoms with Crippen LogP contribution in [-0.2, 0) is 11.3 Å². The van der Waals surface area contributed by atoms with Crippen molar-refractivity contribution in [1.29, 1.82) is 0 Å². The molecule has 0 bridgehead atoms. The van der Waals surface area contributed by atoms with Gasteiger partial charge in [0.15, 0.2) is 0 Å². The molecule has 9 heteroatoms. The number of nitrogens with zero attached hydrogens (tertiary/aromatic N) is 2. The Labute approximate surface area is 187 Å². The lowest BCUT2D eigenvalue weighted by Crippen LogP contribution is -2.27. The molecule has 1 aliphatic heterocycles. The molecule has 1 fully saturated rings. The molecule has 0 atom stereocenters. The second-order valence-electron chi connectivity index (χ2n) is 6.96. The Morgan fingerprint density at radius 1 is 1.06 bits per heavy atom. The highest BCUT2D eigenvalue weighted by Gasteiger charge is 2.35. The van der Waals surface area contributed by atoms with Crippen molar-refractivity contribution in [3.8, 4) is 11.5 Å². The number of imide groups is 1. The maximum absolute atomic E-state index is 13.0. The number of methoxy groups -OCH3 is 2. The number of hydrogen-bond acceptors (Lipinski definition) is 7. The molecule has 1 heterocycles. The lowest BCUT2D eigenvalue weighted by Gasteiger charge is -2.13. The third-order valence-corrected chi connectivity index (χ3v) is 5.97. The molecule has 32 heavy (non-hydrogen) atoms. The quantitative estimate of drug-likeness (QED) is 0.296. The first-order valence-corrected chi connectivity index (χ1v) is 10.4. The normalized spacial score (nSPS) is 14.9. The van der Waals surface area contributed by atoms with Gasteiger partial charge >= 0.3 is 0 Å². The summed E-state index contributed by atoms with van der Waals surface area (Å²) < 4.78 is 10.8. The van der Waals surface area contributed by atoms with Crippen LogP contribution >= 0.6 is 11.8 Å². The van der Waals surface area contributed by atoms with Crippen LogP contribution < -0.4 is 9.47 Å². The Kier molecular flexibility index (Phi) is 5.83. The summed E-state index contributed by atoms with van der Waals surface area (Å²) in [5, 5.41) is 12.3. The average molecular weight is 450 g/mol. The van der Waals surface area contributed by atoms with Crippen molar-refractivity contribution in [2.24, 2.45) is 0 Å². The van der Waals surface area contributed by atoms with Gasteiger partial charge in [0.2, 0.25) is 0 Å². The maximum atomic E-state index is 13.0. The van der Waals surface area contributed by atoms with Crippen molar-refractivity contribution in [3.05, 3.63) is 80.7 Å². The number of nitro groups is 1. The van der Waals surface area contributed by atoms with Crippen molar-refractivity contribution in [2.75, 3.05) is 14.2 Å². The minimum absolute atomic E-state index is 0.0514. The molecule has 162 valence electrons. The second kappa shape index (κ2) is 8.72. The molecule has 4 rings (SSSR count). The molecule has 2 amide bonds. The summed E-state index contributed by atoms with van der Waals surface area (Å²) >= 11 is 0.822. The summed E-state index contributed by atoms with van der Waals surface area (Å²) in [5.74, 6) is 0.740. The molecule has 0 saturated carbocycles. The van der Waals surface area contributed by atoms with E-state index in [-0.39, 0.29) is 17.1 Å². The summed E-state index contributed by atoms with van der Waals surface area (Å²) in [5.41, 5.74) is 1.06. The van der Waals surface area contributed by atoms with E-state index in [1.807, 2.05) is 24.3 Å². The van der Waals surface area contributed by atoms with Crippen LogP contribution in [0.4, 0.5) is 10.5 Å². The molecule has 3 aromatic rings. The summed E-state index contributed by atoms with van der Waals surface area (Å²) in [6.07, 6.45) is 1.64. The molecular weight excluding hydrogens is 432 g/mol. The molecule has 0 radical (unpaired) electrons. The first-order chi connectivity index (χ1) is 15.4. The van der Waals surface area contributed by atoms with Crippen molar-refractivity contribution < 1.29 is 24.0 Å². The number of thioether (sulfide) groups is 1. The Balaban J connectivity index is 1.71. The van der Waals surface area contributed by atoms with Crippen molar-refractivity contribution in [1.82, 2.24) is 4.90 Å². The molecule has 8 nitrogen and oxygen atoms in total. The summed E-state index contributed by atoms with van der Waals surface area (Å²) in [6.45, 7) is -0.0514. The lowest BCUT2D eigenvalue weighted by molar-refractivity contribution is -0.384. The molecule has 0 aliphatic carbocycles. The van der Waals surface area contributed by atoms with Crippen LogP contribution in [0, 0.1) is 10.1 Å². The van der Waals surface area contributed by atoms with Crippen LogP contribution in [0.3, 0.4) is 0 Å². The van der Waals surface area contributed by atoms with Crippen molar-refractivity contribution >= 4 is 45.4 Å². The highest BCUT2D eigenvalue weighted by Crippen LogP contribution is 2.38. The Hall–Kier alpha value is -3.85. The zero-order valence-corrected chi connectivity index (χ0v) is 18.0. The molecule has 1 aliphatic rings. The van der Waals surface area contributed by atoms with E-state index in [1.165, 1.54) is 25.3 Å². The van der Waals surface area contributed by atoms with Crippen molar-refractivity contribution in [3.63, 3.8) is 0 Å². The molecule has 3 aromatic carbocycles. The minimum Gasteiger partial charge on any atom is -0.497 e. The second-order valence-corrected chi connectivity index (χ2v) is 7.96. The fourth-order valence-electron chi connectivity index (χ4n) is 3.47. The first kappa shape index (κ1) is 21.4. The highest BCUT2D eigenvalue weighted by molar-refractivity contribution is 8.18. The fraction of sp³-hybridized carbons (Fsp3) is 0.130. The van der Waals surface area contributed by atoms with Gasteiger partial charge in [0, 0.05) is 17.7 Å². The van der Waals surface area contributed by atoms with Crippen LogP contribution in [0.25, 0.3) is 16.8 Å². The molecule has 0 unspecified atom stereocenters. The van der Waals surface area contributed by atoms with Gasteiger partial charge in [-0.25, -0.2) is 0 Å². The van der Waals surface area contributed by atoms with Crippen LogP contribution in [0.15, 0.2) is 59.5 Å². The van der Waals surface area contributed by atoms with Crippen LogP contribution in [0.2, 0.25) is 0 Å². The topological polar surface area (TPSA) is 99.0 Å². The number of benzene rings is 3. The molecule has 0 spiro atoms. The third-order valence-electron chi connectivity index (χ3n) is 5.06. The zero-order chi connectivity index (χ0) is 22.8. The van der Waals surface area contributed by atoms with Gasteiger partial charge in [-0.05, 0) is 52.4 Å². The Morgan fingerprint density at radius 2 is 1.84 bits per heavy atom. The fourth-order valence-corrected chi connectivity index (χ4v) is 4.29. The maximum Gasteiger partial charge on any atom is 0.293 e. The van der Waals surface area contributed by atoms with Gasteiger partial charge in [0.1, 0.15) is 11.5 Å². The standard InChI is InChI=1S/C23H18N2O6S/c1-30-17-8-6-15-7-9-20(31-2)19(18(15)11-17)12-21-22(26)24(23(27)32-21)13-14-4-3-5-16(10-14)25(28)29/h3-12H,13H2,1-2H3/b21-12+. The molecule has 1 saturated heterocycles. The van der Waals surface area contributed by atoms with Crippen LogP contribution in [0.1, 0.15) is 11.1 Å². The van der Waals surface area contributed by atoms with E-state index < -0.39 is 16.1 Å². The van der Waals surface area contributed by atoms with E-state index in [0.29, 0.717) is 22.6 Å². The summed E-state index contributed by atoms with van der Waals surface area (Å²) in [7, 11) is 3.10. The smallest absolute Gasteiger partial charge is 0.293 e. The predicted molar refractivity (Wildman–Crippen MR) is 122 cm³/mol. The number of carbonyl (C=O) groups excluding carboxylic acids is 2.